The number of esters is 1. The van der Waals surface area contributed by atoms with Crippen molar-refractivity contribution in [1.29, 1.82) is 0 Å². The van der Waals surface area contributed by atoms with E-state index in [1.807, 2.05) is 6.92 Å². The molecule has 1 heterocycles. The van der Waals surface area contributed by atoms with E-state index in [0.717, 1.165) is 0 Å². The third kappa shape index (κ3) is 3.85. The van der Waals surface area contributed by atoms with Gasteiger partial charge in [-0.25, -0.2) is 0 Å². The number of nitrogens with zero attached hydrogens (tertiary/aromatic N) is 2. The number of ketones is 1. The number of methoxy groups -OCH3 is 1. The number of Topliss-reactive ketones (excluding diaryl/α,β-unsaturated/α-hetero) is 1. The summed E-state index contributed by atoms with van der Waals surface area (Å²) >= 11 is 5.93. The van der Waals surface area contributed by atoms with Crippen LogP contribution in [0.2, 0.25) is 5.02 Å². The lowest BCUT2D eigenvalue weighted by Gasteiger charge is -2.04. The molecule has 0 unspecified atom stereocenters. The van der Waals surface area contributed by atoms with Crippen LogP contribution in [0, 0.1) is 0 Å². The quantitative estimate of drug-likeness (QED) is 0.728. The largest absolute Gasteiger partial charge is 0.469 e. The molecular weight excluding hydrogens is 244 g/mol. The van der Waals surface area contributed by atoms with Crippen LogP contribution in [0.25, 0.3) is 0 Å². The molecule has 17 heavy (non-hydrogen) atoms. The molecule has 0 aliphatic heterocycles. The highest BCUT2D eigenvalue weighted by Gasteiger charge is 2.14. The minimum absolute atomic E-state index is 0.0486. The molecule has 94 valence electrons. The Hall–Kier alpha value is -1.36. The molecule has 0 aliphatic rings. The minimum Gasteiger partial charge on any atom is -0.469 e. The number of carbonyl (C=O) groups excluding carboxylic acids is 2. The molecule has 1 aromatic rings. The predicted octanol–water partition coefficient (Wildman–Crippen LogP) is 1.62. The smallest absolute Gasteiger partial charge is 0.305 e. The monoisotopic (exact) mass is 258 g/mol. The van der Waals surface area contributed by atoms with Crippen molar-refractivity contribution in [3.05, 3.63) is 16.9 Å². The summed E-state index contributed by atoms with van der Waals surface area (Å²) < 4.78 is 6.15. The molecule has 1 rings (SSSR count). The van der Waals surface area contributed by atoms with Crippen molar-refractivity contribution < 1.29 is 14.3 Å². The van der Waals surface area contributed by atoms with Crippen LogP contribution in [0.1, 0.15) is 25.5 Å². The SMILES string of the molecule is CCn1ncc(Cl)c1CC(=O)CCC(=O)OC. The van der Waals surface area contributed by atoms with Gasteiger partial charge in [0.1, 0.15) is 5.78 Å². The third-order valence-corrected chi connectivity index (χ3v) is 2.71. The van der Waals surface area contributed by atoms with Crippen LogP contribution in [-0.4, -0.2) is 28.6 Å². The fourth-order valence-corrected chi connectivity index (χ4v) is 1.66. The molecule has 0 aliphatic carbocycles. The highest BCUT2D eigenvalue weighted by atomic mass is 35.5. The lowest BCUT2D eigenvalue weighted by atomic mass is 10.1. The van der Waals surface area contributed by atoms with Gasteiger partial charge < -0.3 is 4.74 Å². The fourth-order valence-electron chi connectivity index (χ4n) is 1.45. The van der Waals surface area contributed by atoms with Crippen molar-refractivity contribution in [3.8, 4) is 0 Å². The summed E-state index contributed by atoms with van der Waals surface area (Å²) in [5.41, 5.74) is 0.698. The van der Waals surface area contributed by atoms with Crippen molar-refractivity contribution in [1.82, 2.24) is 9.78 Å². The van der Waals surface area contributed by atoms with E-state index < -0.39 is 0 Å². The predicted molar refractivity (Wildman–Crippen MR) is 62.9 cm³/mol. The number of hydrogen-bond donors (Lipinski definition) is 0. The van der Waals surface area contributed by atoms with E-state index in [-0.39, 0.29) is 31.0 Å². The number of carbonyl (C=O) groups is 2. The number of ether oxygens (including phenoxy) is 1. The van der Waals surface area contributed by atoms with Crippen molar-refractivity contribution in [2.45, 2.75) is 32.7 Å². The van der Waals surface area contributed by atoms with E-state index in [0.29, 0.717) is 17.3 Å². The molecule has 0 N–H and O–H groups in total. The Balaban J connectivity index is 2.55. The van der Waals surface area contributed by atoms with Crippen LogP contribution in [-0.2, 0) is 27.3 Å². The summed E-state index contributed by atoms with van der Waals surface area (Å²) in [6.45, 7) is 2.58. The zero-order chi connectivity index (χ0) is 12.8. The van der Waals surface area contributed by atoms with Gasteiger partial charge in [0.2, 0.25) is 0 Å². The normalized spacial score (nSPS) is 10.3. The first-order valence-electron chi connectivity index (χ1n) is 5.37. The molecule has 0 saturated carbocycles. The van der Waals surface area contributed by atoms with Gasteiger partial charge in [0.25, 0.3) is 0 Å². The molecule has 1 aromatic heterocycles. The summed E-state index contributed by atoms with van der Waals surface area (Å²) in [7, 11) is 1.30. The van der Waals surface area contributed by atoms with E-state index >= 15 is 0 Å². The van der Waals surface area contributed by atoms with Gasteiger partial charge in [0, 0.05) is 19.4 Å². The summed E-state index contributed by atoms with van der Waals surface area (Å²) in [4.78, 5) is 22.5. The Morgan fingerprint density at radius 1 is 1.47 bits per heavy atom. The van der Waals surface area contributed by atoms with E-state index in [1.165, 1.54) is 13.3 Å². The molecule has 0 atom stereocenters. The molecule has 0 spiro atoms. The van der Waals surface area contributed by atoms with Gasteiger partial charge in [-0.1, -0.05) is 11.6 Å². The van der Waals surface area contributed by atoms with Crippen molar-refractivity contribution >= 4 is 23.4 Å². The molecule has 0 amide bonds. The van der Waals surface area contributed by atoms with Crippen LogP contribution >= 0.6 is 11.6 Å². The summed E-state index contributed by atoms with van der Waals surface area (Å²) in [6.07, 6.45) is 1.99. The van der Waals surface area contributed by atoms with E-state index in [2.05, 4.69) is 9.84 Å². The summed E-state index contributed by atoms with van der Waals surface area (Å²) in [5.74, 6) is -0.430. The summed E-state index contributed by atoms with van der Waals surface area (Å²) in [5, 5.41) is 4.52. The molecular formula is C11H15ClN2O3. The second-order valence-electron chi connectivity index (χ2n) is 3.55. The molecule has 0 radical (unpaired) electrons. The fraction of sp³-hybridized carbons (Fsp3) is 0.545. The standard InChI is InChI=1S/C11H15ClN2O3/c1-3-14-10(9(12)7-13-14)6-8(15)4-5-11(16)17-2/h7H,3-6H2,1-2H3. The van der Waals surface area contributed by atoms with Crippen LogP contribution in [0.5, 0.6) is 0 Å². The van der Waals surface area contributed by atoms with Crippen molar-refractivity contribution in [2.24, 2.45) is 0 Å². The zero-order valence-electron chi connectivity index (χ0n) is 9.90. The molecule has 0 bridgehead atoms. The van der Waals surface area contributed by atoms with Crippen LogP contribution < -0.4 is 0 Å². The Morgan fingerprint density at radius 3 is 2.76 bits per heavy atom. The first kappa shape index (κ1) is 13.7. The lowest BCUT2D eigenvalue weighted by Crippen LogP contribution is -2.11. The number of rotatable bonds is 6. The second-order valence-corrected chi connectivity index (χ2v) is 3.95. The number of aromatic nitrogens is 2. The topological polar surface area (TPSA) is 61.2 Å². The molecule has 0 aromatic carbocycles. The summed E-state index contributed by atoms with van der Waals surface area (Å²) in [6, 6.07) is 0. The van der Waals surface area contributed by atoms with Gasteiger partial charge in [-0.05, 0) is 6.92 Å². The minimum atomic E-state index is -0.381. The Labute approximate surface area is 105 Å². The van der Waals surface area contributed by atoms with Crippen LogP contribution in [0.15, 0.2) is 6.20 Å². The zero-order valence-corrected chi connectivity index (χ0v) is 10.7. The highest BCUT2D eigenvalue weighted by Crippen LogP contribution is 2.16. The van der Waals surface area contributed by atoms with Crippen molar-refractivity contribution in [2.75, 3.05) is 7.11 Å². The second kappa shape index (κ2) is 6.39. The van der Waals surface area contributed by atoms with Gasteiger partial charge >= 0.3 is 5.97 Å². The molecule has 0 fully saturated rings. The van der Waals surface area contributed by atoms with Gasteiger partial charge in [0.15, 0.2) is 0 Å². The van der Waals surface area contributed by atoms with Crippen LogP contribution in [0.4, 0.5) is 0 Å². The van der Waals surface area contributed by atoms with Crippen LogP contribution in [0.3, 0.4) is 0 Å². The maximum absolute atomic E-state index is 11.6. The average Bonchev–Trinajstić information content (AvgIpc) is 2.67. The molecule has 5 nitrogen and oxygen atoms in total. The first-order valence-corrected chi connectivity index (χ1v) is 5.75. The van der Waals surface area contributed by atoms with Crippen molar-refractivity contribution in [3.63, 3.8) is 0 Å². The van der Waals surface area contributed by atoms with Gasteiger partial charge in [0.05, 0.1) is 30.4 Å². The Morgan fingerprint density at radius 2 is 2.18 bits per heavy atom. The van der Waals surface area contributed by atoms with E-state index in [9.17, 15) is 9.59 Å². The van der Waals surface area contributed by atoms with E-state index in [1.54, 1.807) is 4.68 Å². The van der Waals surface area contributed by atoms with Gasteiger partial charge in [-0.3, -0.25) is 14.3 Å². The molecule has 6 heteroatoms. The average molecular weight is 259 g/mol. The lowest BCUT2D eigenvalue weighted by molar-refractivity contribution is -0.141. The maximum atomic E-state index is 11.6. The molecule has 0 saturated heterocycles. The first-order chi connectivity index (χ1) is 8.08. The number of halogens is 1. The van der Waals surface area contributed by atoms with Gasteiger partial charge in [-0.2, -0.15) is 5.10 Å². The number of hydrogen-bond acceptors (Lipinski definition) is 4. The van der Waals surface area contributed by atoms with E-state index in [4.69, 9.17) is 11.6 Å². The third-order valence-electron chi connectivity index (χ3n) is 2.40. The number of aryl methyl sites for hydroxylation is 1. The highest BCUT2D eigenvalue weighted by molar-refractivity contribution is 6.31. The Kier molecular flexibility index (Phi) is 5.15. The maximum Gasteiger partial charge on any atom is 0.305 e. The van der Waals surface area contributed by atoms with Gasteiger partial charge in [-0.15, -0.1) is 0 Å². The Bertz CT molecular complexity index is 415.